The van der Waals surface area contributed by atoms with Crippen molar-refractivity contribution in [1.29, 1.82) is 0 Å². The van der Waals surface area contributed by atoms with Gasteiger partial charge in [-0.15, -0.1) is 0 Å². The Kier molecular flexibility index (Phi) is 2.98. The fourth-order valence-electron chi connectivity index (χ4n) is 0.804. The molecule has 0 unspecified atom stereocenters. The van der Waals surface area contributed by atoms with Crippen LogP contribution in [0, 0.1) is 0 Å². The lowest BCUT2D eigenvalue weighted by molar-refractivity contribution is 0.411. The lowest BCUT2D eigenvalue weighted by Gasteiger charge is -2.07. The number of hydrogen-bond acceptors (Lipinski definition) is 3. The minimum atomic E-state index is 0.996. The summed E-state index contributed by atoms with van der Waals surface area (Å²) in [4.78, 5) is 10.1. The van der Waals surface area contributed by atoms with E-state index in [2.05, 4.69) is 29.0 Å². The lowest BCUT2D eigenvalue weighted by atomic mass is 10.3. The number of nitrogens with zero attached hydrogens (tertiary/aromatic N) is 3. The molecule has 0 atom stereocenters. The first-order valence-electron chi connectivity index (χ1n) is 3.68. The molecule has 0 bridgehead atoms. The molecule has 0 aliphatic carbocycles. The predicted molar refractivity (Wildman–Crippen MR) is 44.3 cm³/mol. The highest BCUT2D eigenvalue weighted by atomic mass is 15.0. The van der Waals surface area contributed by atoms with Crippen molar-refractivity contribution in [3.8, 4) is 0 Å². The minimum absolute atomic E-state index is 0.996. The van der Waals surface area contributed by atoms with Crippen LogP contribution < -0.4 is 0 Å². The number of aromatic nitrogens is 2. The second kappa shape index (κ2) is 4.03. The van der Waals surface area contributed by atoms with Crippen LogP contribution in [0.4, 0.5) is 0 Å². The molecule has 1 aromatic heterocycles. The third kappa shape index (κ3) is 3.09. The van der Waals surface area contributed by atoms with Crippen molar-refractivity contribution in [1.82, 2.24) is 14.9 Å². The summed E-state index contributed by atoms with van der Waals surface area (Å²) in [6.07, 6.45) is 4.36. The molecule has 1 rings (SSSR count). The van der Waals surface area contributed by atoms with Gasteiger partial charge in [-0.05, 0) is 20.2 Å². The largest absolute Gasteiger partial charge is 0.309 e. The summed E-state index contributed by atoms with van der Waals surface area (Å²) in [5.74, 6) is 0. The molecule has 0 amide bonds. The van der Waals surface area contributed by atoms with Crippen LogP contribution in [0.3, 0.4) is 0 Å². The maximum Gasteiger partial charge on any atom is 0.115 e. The second-order valence-corrected chi connectivity index (χ2v) is 2.75. The Balaban J connectivity index is 2.39. The Labute approximate surface area is 67.1 Å². The average molecular weight is 151 g/mol. The Bertz CT molecular complexity index is 196. The molecule has 0 saturated heterocycles. The molecular weight excluding hydrogens is 138 g/mol. The molecule has 3 heteroatoms. The first-order chi connectivity index (χ1) is 5.29. The van der Waals surface area contributed by atoms with Gasteiger partial charge in [-0.25, -0.2) is 9.97 Å². The predicted octanol–water partition coefficient (Wildman–Crippen LogP) is 0.581. The molecule has 0 aromatic carbocycles. The molecule has 3 nitrogen and oxygen atoms in total. The molecule has 1 aromatic rings. The summed E-state index contributed by atoms with van der Waals surface area (Å²) < 4.78 is 0. The lowest BCUT2D eigenvalue weighted by Crippen LogP contribution is -2.15. The van der Waals surface area contributed by atoms with Gasteiger partial charge in [0.25, 0.3) is 0 Å². The summed E-state index contributed by atoms with van der Waals surface area (Å²) in [5.41, 5.74) is 1.11. The van der Waals surface area contributed by atoms with Gasteiger partial charge in [0.1, 0.15) is 6.33 Å². The maximum atomic E-state index is 4.11. The molecule has 1 heterocycles. The molecule has 0 saturated carbocycles. The fraction of sp³-hybridized carbons (Fsp3) is 0.500. The first-order valence-corrected chi connectivity index (χ1v) is 3.68. The Hall–Kier alpha value is -0.960. The summed E-state index contributed by atoms with van der Waals surface area (Å²) in [7, 11) is 4.11. The van der Waals surface area contributed by atoms with Gasteiger partial charge in [0.2, 0.25) is 0 Å². The van der Waals surface area contributed by atoms with E-state index >= 15 is 0 Å². The molecule has 0 aliphatic heterocycles. The van der Waals surface area contributed by atoms with Crippen LogP contribution >= 0.6 is 0 Å². The van der Waals surface area contributed by atoms with Crippen molar-refractivity contribution in [2.45, 2.75) is 6.42 Å². The van der Waals surface area contributed by atoms with Crippen molar-refractivity contribution < 1.29 is 0 Å². The Morgan fingerprint density at radius 3 is 2.82 bits per heavy atom. The van der Waals surface area contributed by atoms with Gasteiger partial charge in [0.05, 0.1) is 0 Å². The van der Waals surface area contributed by atoms with Gasteiger partial charge in [-0.3, -0.25) is 0 Å². The monoisotopic (exact) mass is 151 g/mol. The van der Waals surface area contributed by atoms with Crippen molar-refractivity contribution >= 4 is 0 Å². The van der Waals surface area contributed by atoms with Crippen molar-refractivity contribution in [2.75, 3.05) is 20.6 Å². The van der Waals surface area contributed by atoms with Gasteiger partial charge >= 0.3 is 0 Å². The van der Waals surface area contributed by atoms with Gasteiger partial charge < -0.3 is 4.90 Å². The summed E-state index contributed by atoms with van der Waals surface area (Å²) in [5, 5.41) is 0. The van der Waals surface area contributed by atoms with E-state index in [1.807, 2.05) is 6.07 Å². The average Bonchev–Trinajstić information content (AvgIpc) is 2.03. The Morgan fingerprint density at radius 2 is 2.27 bits per heavy atom. The standard InChI is InChI=1S/C8H13N3/c1-11(2)6-4-8-3-5-9-7-10-8/h3,5,7H,4,6H2,1-2H3. The highest BCUT2D eigenvalue weighted by Gasteiger charge is 1.93. The normalized spacial score (nSPS) is 10.5. The molecule has 0 aliphatic rings. The van der Waals surface area contributed by atoms with Crippen molar-refractivity contribution in [3.63, 3.8) is 0 Å². The topological polar surface area (TPSA) is 29.0 Å². The van der Waals surface area contributed by atoms with E-state index in [9.17, 15) is 0 Å². The minimum Gasteiger partial charge on any atom is -0.309 e. The maximum absolute atomic E-state index is 4.11. The van der Waals surface area contributed by atoms with E-state index in [0.717, 1.165) is 18.7 Å². The van der Waals surface area contributed by atoms with E-state index in [1.54, 1.807) is 12.5 Å². The van der Waals surface area contributed by atoms with Crippen molar-refractivity contribution in [2.24, 2.45) is 0 Å². The highest BCUT2D eigenvalue weighted by Crippen LogP contribution is 1.92. The smallest absolute Gasteiger partial charge is 0.115 e. The SMILES string of the molecule is CN(C)CCc1ccncn1. The molecule has 0 fully saturated rings. The molecule has 0 spiro atoms. The molecule has 60 valence electrons. The van der Waals surface area contributed by atoms with Crippen LogP contribution in [0.5, 0.6) is 0 Å². The summed E-state index contributed by atoms with van der Waals surface area (Å²) in [6, 6.07) is 1.95. The number of likely N-dealkylation sites (N-methyl/N-ethyl adjacent to an activating group) is 1. The number of rotatable bonds is 3. The second-order valence-electron chi connectivity index (χ2n) is 2.75. The van der Waals surface area contributed by atoms with E-state index in [4.69, 9.17) is 0 Å². The van der Waals surface area contributed by atoms with Crippen LogP contribution in [0.2, 0.25) is 0 Å². The summed E-state index contributed by atoms with van der Waals surface area (Å²) >= 11 is 0. The first kappa shape index (κ1) is 8.14. The molecule has 0 radical (unpaired) electrons. The van der Waals surface area contributed by atoms with E-state index in [-0.39, 0.29) is 0 Å². The zero-order chi connectivity index (χ0) is 8.10. The zero-order valence-corrected chi connectivity index (χ0v) is 6.99. The van der Waals surface area contributed by atoms with Crippen LogP contribution in [0.15, 0.2) is 18.6 Å². The fourth-order valence-corrected chi connectivity index (χ4v) is 0.804. The highest BCUT2D eigenvalue weighted by molar-refractivity contribution is 4.97. The Morgan fingerprint density at radius 1 is 1.45 bits per heavy atom. The van der Waals surface area contributed by atoms with Gasteiger partial charge in [-0.2, -0.15) is 0 Å². The van der Waals surface area contributed by atoms with Gasteiger partial charge in [0.15, 0.2) is 0 Å². The zero-order valence-electron chi connectivity index (χ0n) is 6.99. The van der Waals surface area contributed by atoms with Crippen LogP contribution in [0.25, 0.3) is 0 Å². The van der Waals surface area contributed by atoms with Gasteiger partial charge in [0, 0.05) is 24.9 Å². The third-order valence-corrected chi connectivity index (χ3v) is 1.46. The van der Waals surface area contributed by atoms with Crippen molar-refractivity contribution in [3.05, 3.63) is 24.3 Å². The van der Waals surface area contributed by atoms with E-state index in [0.29, 0.717) is 0 Å². The number of hydrogen-bond donors (Lipinski definition) is 0. The third-order valence-electron chi connectivity index (χ3n) is 1.46. The van der Waals surface area contributed by atoms with Crippen LogP contribution in [-0.4, -0.2) is 35.5 Å². The summed E-state index contributed by atoms with van der Waals surface area (Å²) in [6.45, 7) is 1.04. The van der Waals surface area contributed by atoms with Crippen LogP contribution in [-0.2, 0) is 6.42 Å². The molecule has 11 heavy (non-hydrogen) atoms. The van der Waals surface area contributed by atoms with E-state index < -0.39 is 0 Å². The van der Waals surface area contributed by atoms with Crippen LogP contribution in [0.1, 0.15) is 5.69 Å². The quantitative estimate of drug-likeness (QED) is 0.632. The molecule has 0 N–H and O–H groups in total. The molecular formula is C8H13N3. The van der Waals surface area contributed by atoms with E-state index in [1.165, 1.54) is 0 Å². The van der Waals surface area contributed by atoms with Gasteiger partial charge in [-0.1, -0.05) is 0 Å².